The third-order valence-electron chi connectivity index (χ3n) is 5.49. The second kappa shape index (κ2) is 9.55. The quantitative estimate of drug-likeness (QED) is 0.623. The number of nitrogens with zero attached hydrogens (tertiary/aromatic N) is 2. The molecule has 0 aromatic heterocycles. The Labute approximate surface area is 180 Å². The van der Waals surface area contributed by atoms with Crippen molar-refractivity contribution in [3.05, 3.63) is 28.7 Å². The molecule has 1 unspecified atom stereocenters. The van der Waals surface area contributed by atoms with E-state index < -0.39 is 16.1 Å². The number of hydrogen-bond acceptors (Lipinski definition) is 5. The molecule has 1 aromatic carbocycles. The summed E-state index contributed by atoms with van der Waals surface area (Å²) in [6.45, 7) is 1.93. The van der Waals surface area contributed by atoms with Crippen LogP contribution >= 0.6 is 15.9 Å². The molecule has 10 heteroatoms. The van der Waals surface area contributed by atoms with Crippen LogP contribution in [0.4, 0.5) is 0 Å². The molecule has 1 aromatic rings. The number of primary amides is 1. The molecule has 8 nitrogen and oxygen atoms in total. The SMILES string of the molecule is NC(=O)CN1CCC(NC(=O)C2CCCCN2S(=O)(=O)c2ccc(Br)cc2)CC1. The van der Waals surface area contributed by atoms with Crippen LogP contribution in [0.3, 0.4) is 0 Å². The van der Waals surface area contributed by atoms with Crippen molar-refractivity contribution in [2.75, 3.05) is 26.2 Å². The topological polar surface area (TPSA) is 113 Å². The van der Waals surface area contributed by atoms with Gasteiger partial charge in [0, 0.05) is 30.1 Å². The van der Waals surface area contributed by atoms with Gasteiger partial charge in [-0.1, -0.05) is 22.4 Å². The van der Waals surface area contributed by atoms with Crippen molar-refractivity contribution in [2.45, 2.75) is 49.1 Å². The molecule has 29 heavy (non-hydrogen) atoms. The number of nitrogens with two attached hydrogens (primary N) is 1. The van der Waals surface area contributed by atoms with E-state index >= 15 is 0 Å². The van der Waals surface area contributed by atoms with E-state index in [0.717, 1.165) is 17.3 Å². The van der Waals surface area contributed by atoms with Crippen LogP contribution in [0.25, 0.3) is 0 Å². The van der Waals surface area contributed by atoms with E-state index in [1.807, 2.05) is 4.90 Å². The average molecular weight is 487 g/mol. The van der Waals surface area contributed by atoms with Gasteiger partial charge in [0.25, 0.3) is 0 Å². The number of benzene rings is 1. The normalized spacial score (nSPS) is 22.3. The fraction of sp³-hybridized carbons (Fsp3) is 0.579. The van der Waals surface area contributed by atoms with Gasteiger partial charge in [-0.25, -0.2) is 8.42 Å². The molecule has 0 saturated carbocycles. The van der Waals surface area contributed by atoms with Crippen LogP contribution in [0, 0.1) is 0 Å². The molecule has 1 atom stereocenters. The molecule has 3 N–H and O–H groups in total. The third kappa shape index (κ3) is 5.56. The van der Waals surface area contributed by atoms with Crippen molar-refractivity contribution in [3.8, 4) is 0 Å². The molecule has 2 aliphatic heterocycles. The monoisotopic (exact) mass is 486 g/mol. The number of sulfonamides is 1. The maximum Gasteiger partial charge on any atom is 0.243 e. The first-order valence-corrected chi connectivity index (χ1v) is 12.1. The highest BCUT2D eigenvalue weighted by molar-refractivity contribution is 9.10. The molecule has 2 saturated heterocycles. The smallest absolute Gasteiger partial charge is 0.243 e. The highest BCUT2D eigenvalue weighted by Gasteiger charge is 2.38. The number of carbonyl (C=O) groups excluding carboxylic acids is 2. The molecule has 0 bridgehead atoms. The van der Waals surface area contributed by atoms with Gasteiger partial charge in [-0.2, -0.15) is 4.31 Å². The van der Waals surface area contributed by atoms with Gasteiger partial charge >= 0.3 is 0 Å². The van der Waals surface area contributed by atoms with E-state index in [9.17, 15) is 18.0 Å². The van der Waals surface area contributed by atoms with E-state index in [4.69, 9.17) is 5.73 Å². The van der Waals surface area contributed by atoms with E-state index in [-0.39, 0.29) is 29.3 Å². The molecular weight excluding hydrogens is 460 g/mol. The zero-order valence-electron chi connectivity index (χ0n) is 16.2. The first-order valence-electron chi connectivity index (χ1n) is 9.86. The summed E-state index contributed by atoms with van der Waals surface area (Å²) < 4.78 is 28.4. The predicted octanol–water partition coefficient (Wildman–Crippen LogP) is 1.06. The van der Waals surface area contributed by atoms with Gasteiger partial charge in [0.05, 0.1) is 11.4 Å². The molecule has 0 spiro atoms. The summed E-state index contributed by atoms with van der Waals surface area (Å²) in [6.07, 6.45) is 3.51. The summed E-state index contributed by atoms with van der Waals surface area (Å²) >= 11 is 3.31. The van der Waals surface area contributed by atoms with E-state index in [2.05, 4.69) is 21.2 Å². The van der Waals surface area contributed by atoms with E-state index in [0.29, 0.717) is 38.9 Å². The third-order valence-corrected chi connectivity index (χ3v) is 7.94. The average Bonchev–Trinajstić information content (AvgIpc) is 2.69. The van der Waals surface area contributed by atoms with Crippen molar-refractivity contribution in [2.24, 2.45) is 5.73 Å². The molecule has 160 valence electrons. The fourth-order valence-electron chi connectivity index (χ4n) is 3.95. The van der Waals surface area contributed by atoms with Gasteiger partial charge in [0.1, 0.15) is 6.04 Å². The molecular formula is C19H27BrN4O4S. The summed E-state index contributed by atoms with van der Waals surface area (Å²) in [5, 5.41) is 3.03. The van der Waals surface area contributed by atoms with Crippen LogP contribution < -0.4 is 11.1 Å². The lowest BCUT2D eigenvalue weighted by Gasteiger charge is -2.36. The molecule has 2 heterocycles. The summed E-state index contributed by atoms with van der Waals surface area (Å²) in [4.78, 5) is 26.2. The molecule has 3 rings (SSSR count). The van der Waals surface area contributed by atoms with Gasteiger partial charge in [0.15, 0.2) is 0 Å². The standard InChI is InChI=1S/C19H27BrN4O4S/c20-14-4-6-16(7-5-14)29(27,28)24-10-2-1-3-17(24)19(26)22-15-8-11-23(12-9-15)13-18(21)25/h4-7,15,17H,1-3,8-13H2,(H2,21,25)(H,22,26). The second-order valence-electron chi connectivity index (χ2n) is 7.61. The fourth-order valence-corrected chi connectivity index (χ4v) is 5.87. The minimum absolute atomic E-state index is 0.0224. The summed E-state index contributed by atoms with van der Waals surface area (Å²) in [5.41, 5.74) is 5.23. The zero-order valence-corrected chi connectivity index (χ0v) is 18.6. The van der Waals surface area contributed by atoms with Gasteiger partial charge in [-0.05, 0) is 49.9 Å². The lowest BCUT2D eigenvalue weighted by molar-refractivity contribution is -0.127. The highest BCUT2D eigenvalue weighted by atomic mass is 79.9. The van der Waals surface area contributed by atoms with Crippen molar-refractivity contribution >= 4 is 37.8 Å². The number of halogens is 1. The van der Waals surface area contributed by atoms with Crippen LogP contribution in [0.1, 0.15) is 32.1 Å². The van der Waals surface area contributed by atoms with E-state index in [1.165, 1.54) is 4.31 Å². The van der Waals surface area contributed by atoms with Crippen LogP contribution in [0.15, 0.2) is 33.6 Å². The zero-order chi connectivity index (χ0) is 21.0. The minimum Gasteiger partial charge on any atom is -0.369 e. The van der Waals surface area contributed by atoms with Crippen molar-refractivity contribution in [3.63, 3.8) is 0 Å². The number of piperidine rings is 2. The van der Waals surface area contributed by atoms with Gasteiger partial charge < -0.3 is 11.1 Å². The van der Waals surface area contributed by atoms with Crippen molar-refractivity contribution in [1.82, 2.24) is 14.5 Å². The van der Waals surface area contributed by atoms with Crippen LogP contribution in [0.5, 0.6) is 0 Å². The number of carbonyl (C=O) groups is 2. The Morgan fingerprint density at radius 1 is 1.07 bits per heavy atom. The van der Waals surface area contributed by atoms with Crippen molar-refractivity contribution in [1.29, 1.82) is 0 Å². The minimum atomic E-state index is -3.74. The molecule has 2 fully saturated rings. The van der Waals surface area contributed by atoms with Crippen LogP contribution in [-0.4, -0.2) is 67.7 Å². The number of likely N-dealkylation sites (tertiary alicyclic amines) is 1. The summed E-state index contributed by atoms with van der Waals surface area (Å²) in [5.74, 6) is -0.595. The lowest BCUT2D eigenvalue weighted by Crippen LogP contribution is -2.55. The molecule has 2 amide bonds. The number of hydrogen-bond donors (Lipinski definition) is 2. The number of rotatable bonds is 6. The Balaban J connectivity index is 1.66. The van der Waals surface area contributed by atoms with Gasteiger partial charge in [-0.15, -0.1) is 0 Å². The molecule has 0 aliphatic carbocycles. The van der Waals surface area contributed by atoms with Gasteiger partial charge in [-0.3, -0.25) is 14.5 Å². The number of amides is 2. The Morgan fingerprint density at radius 3 is 2.34 bits per heavy atom. The Bertz CT molecular complexity index is 838. The van der Waals surface area contributed by atoms with Crippen molar-refractivity contribution < 1.29 is 18.0 Å². The Kier molecular flexibility index (Phi) is 7.31. The summed E-state index contributed by atoms with van der Waals surface area (Å²) in [6, 6.07) is 5.76. The largest absolute Gasteiger partial charge is 0.369 e. The van der Waals surface area contributed by atoms with Crippen LogP contribution in [0.2, 0.25) is 0 Å². The molecule has 0 radical (unpaired) electrons. The van der Waals surface area contributed by atoms with E-state index in [1.54, 1.807) is 24.3 Å². The van der Waals surface area contributed by atoms with Gasteiger partial charge in [0.2, 0.25) is 21.8 Å². The Hall–Kier alpha value is -1.49. The Morgan fingerprint density at radius 2 is 1.72 bits per heavy atom. The number of nitrogens with one attached hydrogen (secondary N) is 1. The lowest BCUT2D eigenvalue weighted by atomic mass is 10.0. The highest BCUT2D eigenvalue weighted by Crippen LogP contribution is 2.27. The second-order valence-corrected chi connectivity index (χ2v) is 10.4. The maximum atomic E-state index is 13.1. The summed E-state index contributed by atoms with van der Waals surface area (Å²) in [7, 11) is -3.74. The maximum absolute atomic E-state index is 13.1. The molecule has 2 aliphatic rings. The first-order chi connectivity index (χ1) is 13.8. The van der Waals surface area contributed by atoms with Crippen LogP contribution in [-0.2, 0) is 19.6 Å². The first kappa shape index (κ1) is 22.2. The predicted molar refractivity (Wildman–Crippen MR) is 112 cm³/mol.